The minimum atomic E-state index is -4.46. The van der Waals surface area contributed by atoms with Gasteiger partial charge in [0.1, 0.15) is 0 Å². The predicted molar refractivity (Wildman–Crippen MR) is 82.2 cm³/mol. The predicted octanol–water partition coefficient (Wildman–Crippen LogP) is 4.43. The van der Waals surface area contributed by atoms with E-state index in [4.69, 9.17) is 0 Å². The van der Waals surface area contributed by atoms with Crippen LogP contribution in [0.4, 0.5) is 13.2 Å². The highest BCUT2D eigenvalue weighted by molar-refractivity contribution is 6.07. The van der Waals surface area contributed by atoms with Gasteiger partial charge >= 0.3 is 6.18 Å². The lowest BCUT2D eigenvalue weighted by Crippen LogP contribution is -2.06. The van der Waals surface area contributed by atoms with Crippen molar-refractivity contribution in [3.8, 4) is 0 Å². The first kappa shape index (κ1) is 17.0. The summed E-state index contributed by atoms with van der Waals surface area (Å²) in [4.78, 5) is 12.1. The van der Waals surface area contributed by atoms with Crippen molar-refractivity contribution in [2.45, 2.75) is 33.5 Å². The van der Waals surface area contributed by atoms with Crippen LogP contribution >= 0.6 is 0 Å². The molecule has 0 unspecified atom stereocenters. The number of carbonyl (C=O) groups excluding carboxylic acids is 1. The molecule has 0 aliphatic rings. The normalized spacial score (nSPS) is 12.1. The molecule has 0 aliphatic heterocycles. The molecule has 0 aliphatic carbocycles. The zero-order chi connectivity index (χ0) is 17.2. The van der Waals surface area contributed by atoms with E-state index in [1.807, 2.05) is 25.5 Å². The maximum atomic E-state index is 12.7. The second kappa shape index (κ2) is 6.40. The van der Waals surface area contributed by atoms with E-state index >= 15 is 0 Å². The van der Waals surface area contributed by atoms with Gasteiger partial charge in [-0.25, -0.2) is 0 Å². The van der Waals surface area contributed by atoms with Crippen LogP contribution in [0.1, 0.15) is 39.8 Å². The number of aryl methyl sites for hydroxylation is 2. The van der Waals surface area contributed by atoms with E-state index in [0.717, 1.165) is 29.1 Å². The molecule has 0 amide bonds. The Morgan fingerprint density at radius 2 is 2.00 bits per heavy atom. The van der Waals surface area contributed by atoms with Gasteiger partial charge in [0, 0.05) is 23.4 Å². The quantitative estimate of drug-likeness (QED) is 0.616. The Hall–Kier alpha value is -2.37. The van der Waals surface area contributed by atoms with Crippen molar-refractivity contribution in [1.29, 1.82) is 0 Å². The summed E-state index contributed by atoms with van der Waals surface area (Å²) >= 11 is 0. The number of ketones is 1. The smallest absolute Gasteiger partial charge is 0.289 e. The van der Waals surface area contributed by atoms with Crippen LogP contribution in [0.25, 0.3) is 6.08 Å². The maximum absolute atomic E-state index is 12.7. The highest BCUT2D eigenvalue weighted by atomic mass is 19.4. The number of nitrogens with zero attached hydrogens (tertiary/aromatic N) is 2. The summed E-state index contributed by atoms with van der Waals surface area (Å²) in [5, 5.41) is 4.33. The SMILES string of the molecule is CCn1nc(C)c(C=CC(=O)c2cccc(C(F)(F)F)c2)c1C. The van der Waals surface area contributed by atoms with Gasteiger partial charge in [-0.1, -0.05) is 12.1 Å². The molecule has 1 aromatic heterocycles. The first-order valence-electron chi connectivity index (χ1n) is 7.17. The van der Waals surface area contributed by atoms with Crippen molar-refractivity contribution in [3.63, 3.8) is 0 Å². The number of hydrogen-bond donors (Lipinski definition) is 0. The Kier molecular flexibility index (Phi) is 4.73. The van der Waals surface area contributed by atoms with Crippen molar-refractivity contribution in [1.82, 2.24) is 9.78 Å². The van der Waals surface area contributed by atoms with Crippen LogP contribution in [0.3, 0.4) is 0 Å². The number of rotatable bonds is 4. The molecule has 0 spiro atoms. The molecule has 0 N–H and O–H groups in total. The van der Waals surface area contributed by atoms with E-state index in [9.17, 15) is 18.0 Å². The largest absolute Gasteiger partial charge is 0.416 e. The fourth-order valence-electron chi connectivity index (χ4n) is 2.36. The summed E-state index contributed by atoms with van der Waals surface area (Å²) in [6.07, 6.45) is -1.58. The summed E-state index contributed by atoms with van der Waals surface area (Å²) in [5.74, 6) is -0.473. The van der Waals surface area contributed by atoms with Crippen LogP contribution in [-0.2, 0) is 12.7 Å². The van der Waals surface area contributed by atoms with Crippen molar-refractivity contribution in [3.05, 3.63) is 58.4 Å². The zero-order valence-electron chi connectivity index (χ0n) is 13.1. The average molecular weight is 322 g/mol. The molecule has 0 bridgehead atoms. The average Bonchev–Trinajstić information content (AvgIpc) is 2.78. The molecule has 0 radical (unpaired) electrons. The summed E-state index contributed by atoms with van der Waals surface area (Å²) in [6.45, 7) is 6.38. The van der Waals surface area contributed by atoms with Gasteiger partial charge in [0.2, 0.25) is 0 Å². The van der Waals surface area contributed by atoms with Crippen molar-refractivity contribution < 1.29 is 18.0 Å². The highest BCUT2D eigenvalue weighted by Crippen LogP contribution is 2.29. The molecule has 23 heavy (non-hydrogen) atoms. The van der Waals surface area contributed by atoms with E-state index in [-0.39, 0.29) is 5.56 Å². The minimum Gasteiger partial charge on any atom is -0.289 e. The van der Waals surface area contributed by atoms with Crippen LogP contribution in [0.5, 0.6) is 0 Å². The van der Waals surface area contributed by atoms with Crippen LogP contribution in [0.2, 0.25) is 0 Å². The molecule has 0 saturated heterocycles. The van der Waals surface area contributed by atoms with Crippen molar-refractivity contribution >= 4 is 11.9 Å². The van der Waals surface area contributed by atoms with E-state index in [0.29, 0.717) is 6.54 Å². The minimum absolute atomic E-state index is 0.00858. The van der Waals surface area contributed by atoms with Gasteiger partial charge in [0.15, 0.2) is 5.78 Å². The molecular weight excluding hydrogens is 305 g/mol. The number of hydrogen-bond acceptors (Lipinski definition) is 2. The third-order valence-corrected chi connectivity index (χ3v) is 3.61. The van der Waals surface area contributed by atoms with Crippen LogP contribution in [0.15, 0.2) is 30.3 Å². The number of aromatic nitrogens is 2. The summed E-state index contributed by atoms with van der Waals surface area (Å²) in [5.41, 5.74) is 1.68. The molecule has 1 aromatic carbocycles. The van der Waals surface area contributed by atoms with Crippen LogP contribution < -0.4 is 0 Å². The molecule has 3 nitrogen and oxygen atoms in total. The summed E-state index contributed by atoms with van der Waals surface area (Å²) < 4.78 is 39.9. The number of allylic oxidation sites excluding steroid dienone is 1. The summed E-state index contributed by atoms with van der Waals surface area (Å²) in [7, 11) is 0. The van der Waals surface area contributed by atoms with Gasteiger partial charge < -0.3 is 0 Å². The molecule has 2 rings (SSSR count). The topological polar surface area (TPSA) is 34.9 Å². The van der Waals surface area contributed by atoms with Gasteiger partial charge in [-0.2, -0.15) is 18.3 Å². The second-order valence-electron chi connectivity index (χ2n) is 5.18. The molecule has 0 atom stereocenters. The molecule has 122 valence electrons. The standard InChI is InChI=1S/C17H17F3N2O/c1-4-22-12(3)15(11(2)21-22)8-9-16(23)13-6-5-7-14(10-13)17(18,19)20/h5-10H,4H2,1-3H3. The van der Waals surface area contributed by atoms with Gasteiger partial charge in [0.25, 0.3) is 0 Å². The maximum Gasteiger partial charge on any atom is 0.416 e. The van der Waals surface area contributed by atoms with Crippen LogP contribution in [0, 0.1) is 13.8 Å². The Labute approximate surface area is 132 Å². The zero-order valence-corrected chi connectivity index (χ0v) is 13.1. The number of alkyl halides is 3. The van der Waals surface area contributed by atoms with Gasteiger partial charge in [0.05, 0.1) is 11.3 Å². The second-order valence-corrected chi connectivity index (χ2v) is 5.18. The highest BCUT2D eigenvalue weighted by Gasteiger charge is 2.30. The van der Waals surface area contributed by atoms with E-state index < -0.39 is 17.5 Å². The molecule has 0 fully saturated rings. The Morgan fingerprint density at radius 1 is 1.30 bits per heavy atom. The fourth-order valence-corrected chi connectivity index (χ4v) is 2.36. The molecule has 6 heteroatoms. The first-order chi connectivity index (χ1) is 10.7. The van der Waals surface area contributed by atoms with E-state index in [1.165, 1.54) is 18.2 Å². The van der Waals surface area contributed by atoms with Crippen molar-refractivity contribution in [2.75, 3.05) is 0 Å². The van der Waals surface area contributed by atoms with E-state index in [1.54, 1.807) is 6.08 Å². The molecular formula is C17H17F3N2O. The molecule has 0 saturated carbocycles. The molecule has 1 heterocycles. The van der Waals surface area contributed by atoms with Crippen LogP contribution in [-0.4, -0.2) is 15.6 Å². The lowest BCUT2D eigenvalue weighted by Gasteiger charge is -2.07. The monoisotopic (exact) mass is 322 g/mol. The Bertz CT molecular complexity index is 758. The third kappa shape index (κ3) is 3.70. The number of benzene rings is 1. The fraction of sp³-hybridized carbons (Fsp3) is 0.294. The number of halogens is 3. The lowest BCUT2D eigenvalue weighted by atomic mass is 10.1. The van der Waals surface area contributed by atoms with Gasteiger partial charge in [-0.3, -0.25) is 9.48 Å². The Morgan fingerprint density at radius 3 is 2.57 bits per heavy atom. The third-order valence-electron chi connectivity index (χ3n) is 3.61. The number of carbonyl (C=O) groups is 1. The van der Waals surface area contributed by atoms with Crippen molar-refractivity contribution in [2.24, 2.45) is 0 Å². The Balaban J connectivity index is 2.28. The van der Waals surface area contributed by atoms with E-state index in [2.05, 4.69) is 5.10 Å². The lowest BCUT2D eigenvalue weighted by molar-refractivity contribution is -0.137. The molecule has 2 aromatic rings. The first-order valence-corrected chi connectivity index (χ1v) is 7.17. The van der Waals surface area contributed by atoms with Gasteiger partial charge in [-0.15, -0.1) is 0 Å². The van der Waals surface area contributed by atoms with Gasteiger partial charge in [-0.05, 0) is 45.1 Å². The summed E-state index contributed by atoms with van der Waals surface area (Å²) in [6, 6.07) is 4.41.